The van der Waals surface area contributed by atoms with Crippen LogP contribution in [0.3, 0.4) is 0 Å². The van der Waals surface area contributed by atoms with Crippen LogP contribution in [-0.2, 0) is 0 Å². The normalized spacial score (nSPS) is 14.3. The van der Waals surface area contributed by atoms with Gasteiger partial charge in [-0.15, -0.1) is 0 Å². The van der Waals surface area contributed by atoms with Gasteiger partial charge in [-0.25, -0.2) is 5.84 Å². The Morgan fingerprint density at radius 3 is 2.71 bits per heavy atom. The molecule has 100 valence electrons. The Balaban J connectivity index is 3.96. The second kappa shape index (κ2) is 10.3. The van der Waals surface area contributed by atoms with Gasteiger partial charge in [-0.05, 0) is 38.8 Å². The molecule has 0 aromatic heterocycles. The first-order valence-corrected chi connectivity index (χ1v) is 6.42. The molecule has 0 fully saturated rings. The van der Waals surface area contributed by atoms with E-state index >= 15 is 0 Å². The van der Waals surface area contributed by atoms with Gasteiger partial charge in [0, 0.05) is 12.2 Å². The van der Waals surface area contributed by atoms with E-state index in [1.807, 2.05) is 32.1 Å². The van der Waals surface area contributed by atoms with Crippen molar-refractivity contribution in [3.63, 3.8) is 0 Å². The number of allylic oxidation sites excluding steroid dienone is 3. The number of nitrogens with one attached hydrogen (secondary N) is 1. The monoisotopic (exact) mass is 241 g/mol. The summed E-state index contributed by atoms with van der Waals surface area (Å²) in [7, 11) is 0. The minimum absolute atomic E-state index is 0.414. The van der Waals surface area contributed by atoms with Crippen LogP contribution in [0.1, 0.15) is 40.0 Å². The molecular weight excluding hydrogens is 214 g/mol. The molecule has 0 heterocycles. The number of aliphatic hydroxyl groups excluding tert-OH is 1. The first-order valence-electron chi connectivity index (χ1n) is 6.42. The predicted octanol–water partition coefficient (Wildman–Crippen LogP) is 1.74. The molecule has 4 nitrogen and oxygen atoms in total. The summed E-state index contributed by atoms with van der Waals surface area (Å²) in [6.07, 6.45) is 8.22. The van der Waals surface area contributed by atoms with Gasteiger partial charge in [0.1, 0.15) is 6.23 Å². The van der Waals surface area contributed by atoms with Crippen LogP contribution >= 0.6 is 0 Å². The van der Waals surface area contributed by atoms with E-state index in [1.165, 1.54) is 0 Å². The Bertz CT molecular complexity index is 239. The Morgan fingerprint density at radius 2 is 2.18 bits per heavy atom. The lowest BCUT2D eigenvalue weighted by Crippen LogP contribution is -2.30. The standard InChI is InChI=1S/C13H27N3O/c1-4-11-16(14)12(5-2)9-7-8-10-13(17)15-6-3/h5,7,9,13,15,17H,4,6,8,10-11,14H2,1-3H3/b9-7-,12-5+. The number of nitrogens with two attached hydrogens (primary N) is 1. The highest BCUT2D eigenvalue weighted by atomic mass is 16.3. The number of aliphatic hydroxyl groups is 1. The largest absolute Gasteiger partial charge is 0.379 e. The van der Waals surface area contributed by atoms with Crippen molar-refractivity contribution in [3.8, 4) is 0 Å². The van der Waals surface area contributed by atoms with Crippen LogP contribution < -0.4 is 11.2 Å². The zero-order valence-electron chi connectivity index (χ0n) is 11.3. The lowest BCUT2D eigenvalue weighted by atomic mass is 10.2. The van der Waals surface area contributed by atoms with Gasteiger partial charge in [0.05, 0.1) is 0 Å². The molecule has 4 N–H and O–H groups in total. The number of hydrazine groups is 1. The highest BCUT2D eigenvalue weighted by molar-refractivity contribution is 5.15. The fourth-order valence-electron chi connectivity index (χ4n) is 1.52. The molecule has 0 rings (SSSR count). The Kier molecular flexibility index (Phi) is 9.81. The van der Waals surface area contributed by atoms with E-state index in [9.17, 15) is 5.11 Å². The SMILES string of the molecule is C/C=C(\C=C/CCC(O)NCC)N(N)CCC. The van der Waals surface area contributed by atoms with Gasteiger partial charge in [-0.2, -0.15) is 0 Å². The van der Waals surface area contributed by atoms with Crippen LogP contribution in [0, 0.1) is 0 Å². The Hall–Kier alpha value is -0.840. The summed E-state index contributed by atoms with van der Waals surface area (Å²) < 4.78 is 0. The minimum atomic E-state index is -0.414. The van der Waals surface area contributed by atoms with Crippen molar-refractivity contribution in [2.75, 3.05) is 13.1 Å². The third-order valence-corrected chi connectivity index (χ3v) is 2.43. The highest BCUT2D eigenvalue weighted by Gasteiger charge is 2.00. The molecule has 0 aromatic carbocycles. The minimum Gasteiger partial charge on any atom is -0.379 e. The van der Waals surface area contributed by atoms with E-state index in [0.29, 0.717) is 0 Å². The summed E-state index contributed by atoms with van der Waals surface area (Å²) in [6.45, 7) is 7.70. The molecule has 4 heteroatoms. The molecule has 0 radical (unpaired) electrons. The maximum absolute atomic E-state index is 9.47. The fourth-order valence-corrected chi connectivity index (χ4v) is 1.52. The fraction of sp³-hybridized carbons (Fsp3) is 0.692. The quantitative estimate of drug-likeness (QED) is 0.249. The van der Waals surface area contributed by atoms with E-state index < -0.39 is 6.23 Å². The summed E-state index contributed by atoms with van der Waals surface area (Å²) >= 11 is 0. The van der Waals surface area contributed by atoms with Crippen LogP contribution in [0.15, 0.2) is 23.9 Å². The average Bonchev–Trinajstić information content (AvgIpc) is 2.29. The number of nitrogens with zero attached hydrogens (tertiary/aromatic N) is 1. The molecule has 1 unspecified atom stereocenters. The van der Waals surface area contributed by atoms with Crippen molar-refractivity contribution >= 4 is 0 Å². The van der Waals surface area contributed by atoms with Crippen LogP contribution in [0.4, 0.5) is 0 Å². The van der Waals surface area contributed by atoms with E-state index in [1.54, 1.807) is 5.01 Å². The van der Waals surface area contributed by atoms with Crippen molar-refractivity contribution < 1.29 is 5.11 Å². The van der Waals surface area contributed by atoms with Gasteiger partial charge in [0.15, 0.2) is 0 Å². The van der Waals surface area contributed by atoms with Crippen LogP contribution in [0.25, 0.3) is 0 Å². The smallest absolute Gasteiger partial charge is 0.105 e. The summed E-state index contributed by atoms with van der Waals surface area (Å²) in [6, 6.07) is 0. The van der Waals surface area contributed by atoms with Gasteiger partial charge >= 0.3 is 0 Å². The Labute approximate surface area is 105 Å². The maximum atomic E-state index is 9.47. The molecule has 17 heavy (non-hydrogen) atoms. The Morgan fingerprint density at radius 1 is 1.47 bits per heavy atom. The number of hydrogen-bond acceptors (Lipinski definition) is 4. The van der Waals surface area contributed by atoms with E-state index in [0.717, 1.165) is 38.0 Å². The summed E-state index contributed by atoms with van der Waals surface area (Å²) in [5.41, 5.74) is 1.02. The van der Waals surface area contributed by atoms with Crippen LogP contribution in [0.5, 0.6) is 0 Å². The summed E-state index contributed by atoms with van der Waals surface area (Å²) in [5.74, 6) is 5.88. The summed E-state index contributed by atoms with van der Waals surface area (Å²) in [5, 5.41) is 14.2. The van der Waals surface area contributed by atoms with Crippen molar-refractivity contribution in [1.29, 1.82) is 0 Å². The lowest BCUT2D eigenvalue weighted by molar-refractivity contribution is 0.131. The zero-order valence-corrected chi connectivity index (χ0v) is 11.3. The lowest BCUT2D eigenvalue weighted by Gasteiger charge is -2.18. The van der Waals surface area contributed by atoms with Gasteiger partial charge in [-0.1, -0.05) is 26.0 Å². The van der Waals surface area contributed by atoms with E-state index in [-0.39, 0.29) is 0 Å². The first kappa shape index (κ1) is 16.2. The van der Waals surface area contributed by atoms with Gasteiger partial charge in [0.25, 0.3) is 0 Å². The second-order valence-corrected chi connectivity index (χ2v) is 3.96. The van der Waals surface area contributed by atoms with Crippen molar-refractivity contribution in [2.24, 2.45) is 5.84 Å². The molecular formula is C13H27N3O. The van der Waals surface area contributed by atoms with Gasteiger partial charge in [0.2, 0.25) is 0 Å². The van der Waals surface area contributed by atoms with Crippen molar-refractivity contribution in [3.05, 3.63) is 23.9 Å². The van der Waals surface area contributed by atoms with Crippen LogP contribution in [-0.4, -0.2) is 29.4 Å². The highest BCUT2D eigenvalue weighted by Crippen LogP contribution is 2.04. The first-order chi connectivity index (χ1) is 8.15. The number of hydrogen-bond donors (Lipinski definition) is 3. The second-order valence-electron chi connectivity index (χ2n) is 3.96. The number of rotatable bonds is 9. The topological polar surface area (TPSA) is 61.5 Å². The molecule has 0 spiro atoms. The molecule has 0 aliphatic heterocycles. The summed E-state index contributed by atoms with van der Waals surface area (Å²) in [4.78, 5) is 0. The molecule has 0 saturated heterocycles. The van der Waals surface area contributed by atoms with E-state index in [4.69, 9.17) is 5.84 Å². The van der Waals surface area contributed by atoms with Gasteiger partial charge in [-0.3, -0.25) is 5.32 Å². The predicted molar refractivity (Wildman–Crippen MR) is 73.0 cm³/mol. The average molecular weight is 241 g/mol. The zero-order chi connectivity index (χ0) is 13.1. The molecule has 0 bridgehead atoms. The molecule has 0 aromatic rings. The molecule has 0 aliphatic rings. The molecule has 0 aliphatic carbocycles. The third-order valence-electron chi connectivity index (χ3n) is 2.43. The van der Waals surface area contributed by atoms with Gasteiger partial charge < -0.3 is 10.1 Å². The molecule has 1 atom stereocenters. The van der Waals surface area contributed by atoms with Crippen molar-refractivity contribution in [1.82, 2.24) is 10.3 Å². The third kappa shape index (κ3) is 7.96. The molecule has 0 saturated carbocycles. The van der Waals surface area contributed by atoms with E-state index in [2.05, 4.69) is 12.2 Å². The molecule has 0 amide bonds. The maximum Gasteiger partial charge on any atom is 0.105 e. The van der Waals surface area contributed by atoms with Crippen LogP contribution in [0.2, 0.25) is 0 Å². The van der Waals surface area contributed by atoms with Crippen molar-refractivity contribution in [2.45, 2.75) is 46.3 Å².